The quantitative estimate of drug-likeness (QED) is 0.297. The van der Waals surface area contributed by atoms with E-state index in [9.17, 15) is 14.4 Å². The Morgan fingerprint density at radius 2 is 1.93 bits per heavy atom. The van der Waals surface area contributed by atoms with Crippen LogP contribution in [0.3, 0.4) is 0 Å². The van der Waals surface area contributed by atoms with Crippen molar-refractivity contribution < 1.29 is 19.1 Å². The van der Waals surface area contributed by atoms with Crippen molar-refractivity contribution in [2.45, 2.75) is 38.5 Å². The number of hydrogen-bond donors (Lipinski definition) is 1. The average Bonchev–Trinajstić information content (AvgIpc) is 2.98. The van der Waals surface area contributed by atoms with Crippen LogP contribution in [0.15, 0.2) is 29.2 Å². The van der Waals surface area contributed by atoms with Crippen molar-refractivity contribution in [2.75, 3.05) is 11.9 Å². The summed E-state index contributed by atoms with van der Waals surface area (Å²) in [5.41, 5.74) is 2.02. The number of nitrogens with one attached hydrogen (secondary N) is 1. The van der Waals surface area contributed by atoms with Crippen LogP contribution in [0.2, 0.25) is 0 Å². The highest BCUT2D eigenvalue weighted by Crippen LogP contribution is 2.24. The van der Waals surface area contributed by atoms with Crippen LogP contribution in [0.4, 0.5) is 5.69 Å². The lowest BCUT2D eigenvalue weighted by Gasteiger charge is -2.09. The van der Waals surface area contributed by atoms with Gasteiger partial charge >= 0.3 is 5.97 Å². The van der Waals surface area contributed by atoms with Crippen molar-refractivity contribution >= 4 is 46.4 Å². The van der Waals surface area contributed by atoms with E-state index in [1.807, 2.05) is 32.2 Å². The molecule has 1 amide bonds. The van der Waals surface area contributed by atoms with Crippen molar-refractivity contribution in [3.8, 4) is 5.40 Å². The number of ether oxygens (including phenoxy) is 1. The van der Waals surface area contributed by atoms with Crippen molar-refractivity contribution in [1.29, 1.82) is 5.26 Å². The van der Waals surface area contributed by atoms with Crippen LogP contribution in [-0.4, -0.2) is 24.3 Å². The lowest BCUT2D eigenvalue weighted by molar-refractivity contribution is -0.147. The molecule has 0 saturated carbocycles. The molecule has 0 aliphatic heterocycles. The lowest BCUT2D eigenvalue weighted by Crippen LogP contribution is -2.21. The highest BCUT2D eigenvalue weighted by atomic mass is 32.2. The zero-order valence-electron chi connectivity index (χ0n) is 15.8. The van der Waals surface area contributed by atoms with E-state index < -0.39 is 18.5 Å². The lowest BCUT2D eigenvalue weighted by atomic mass is 10.1. The molecule has 0 unspecified atom stereocenters. The average molecular weight is 417 g/mol. The van der Waals surface area contributed by atoms with Gasteiger partial charge in [-0.05, 0) is 62.4 Å². The number of thiocyanates is 1. The van der Waals surface area contributed by atoms with E-state index in [1.165, 1.54) is 0 Å². The van der Waals surface area contributed by atoms with Gasteiger partial charge in [0, 0.05) is 32.3 Å². The van der Waals surface area contributed by atoms with Gasteiger partial charge in [0.15, 0.2) is 12.4 Å². The molecule has 1 N–H and O–H groups in total. The summed E-state index contributed by atoms with van der Waals surface area (Å²) < 4.78 is 4.95. The second-order valence-corrected chi connectivity index (χ2v) is 8.45. The third kappa shape index (κ3) is 6.22. The van der Waals surface area contributed by atoms with Gasteiger partial charge in [-0.3, -0.25) is 14.4 Å². The summed E-state index contributed by atoms with van der Waals surface area (Å²) in [6, 6.07) is 7.03. The van der Waals surface area contributed by atoms with Crippen molar-refractivity contribution in [3.63, 3.8) is 0 Å². The van der Waals surface area contributed by atoms with Crippen LogP contribution < -0.4 is 5.32 Å². The summed E-state index contributed by atoms with van der Waals surface area (Å²) in [5.74, 6) is -1.16. The summed E-state index contributed by atoms with van der Waals surface area (Å²) in [7, 11) is 0. The molecule has 0 spiro atoms. The maximum absolute atomic E-state index is 12.2. The van der Waals surface area contributed by atoms with Crippen LogP contribution in [-0.2, 0) is 14.3 Å². The predicted octanol–water partition coefficient (Wildman–Crippen LogP) is 4.39. The van der Waals surface area contributed by atoms with Crippen molar-refractivity contribution in [3.05, 3.63) is 45.1 Å². The number of carbonyl (C=O) groups is 3. The van der Waals surface area contributed by atoms with Crippen LogP contribution in [0, 0.1) is 31.4 Å². The molecule has 0 atom stereocenters. The first-order valence-electron chi connectivity index (χ1n) is 8.52. The van der Waals surface area contributed by atoms with Gasteiger partial charge in [0.25, 0.3) is 5.91 Å². The Bertz CT molecular complexity index is 944. The third-order valence-electron chi connectivity index (χ3n) is 3.90. The van der Waals surface area contributed by atoms with Gasteiger partial charge in [-0.2, -0.15) is 5.26 Å². The maximum atomic E-state index is 12.2. The molecular weight excluding hydrogens is 396 g/mol. The first-order chi connectivity index (χ1) is 13.3. The molecule has 0 bridgehead atoms. The van der Waals surface area contributed by atoms with E-state index in [0.29, 0.717) is 11.3 Å². The highest BCUT2D eigenvalue weighted by Gasteiger charge is 2.15. The van der Waals surface area contributed by atoms with E-state index in [-0.39, 0.29) is 18.6 Å². The number of nitriles is 1. The zero-order chi connectivity index (χ0) is 20.7. The molecule has 0 saturated heterocycles. The van der Waals surface area contributed by atoms with Gasteiger partial charge in [-0.1, -0.05) is 0 Å². The molecule has 8 heteroatoms. The number of thiophene rings is 1. The topological polar surface area (TPSA) is 96.3 Å². The first-order valence-corrected chi connectivity index (χ1v) is 10.2. The summed E-state index contributed by atoms with van der Waals surface area (Å²) in [6.45, 7) is 5.20. The molecule has 0 radical (unpaired) electrons. The van der Waals surface area contributed by atoms with Crippen LogP contribution in [0.1, 0.15) is 38.5 Å². The number of hydrogen-bond acceptors (Lipinski definition) is 7. The molecule has 0 fully saturated rings. The second-order valence-electron chi connectivity index (χ2n) is 6.13. The Morgan fingerprint density at radius 3 is 2.54 bits per heavy atom. The van der Waals surface area contributed by atoms with E-state index in [2.05, 4.69) is 5.32 Å². The molecule has 0 aliphatic rings. The second kappa shape index (κ2) is 10.1. The fraction of sp³-hybridized carbons (Fsp3) is 0.300. The fourth-order valence-electron chi connectivity index (χ4n) is 2.56. The van der Waals surface area contributed by atoms with Crippen molar-refractivity contribution in [2.24, 2.45) is 0 Å². The monoisotopic (exact) mass is 416 g/mol. The third-order valence-corrected chi connectivity index (χ3v) is 5.44. The van der Waals surface area contributed by atoms with Gasteiger partial charge in [0.2, 0.25) is 0 Å². The summed E-state index contributed by atoms with van der Waals surface area (Å²) in [5, 5.41) is 13.3. The standard InChI is InChI=1S/C20H20N2O4S2/c1-12-8-15(27-11-21)4-5-17(12)22-19(24)10-26-20(25)7-6-18(23)16-9-13(2)28-14(16)3/h4-5,8-9H,6-7,10H2,1-3H3,(H,22,24). The molecule has 1 aromatic heterocycles. The first kappa shape index (κ1) is 21.7. The highest BCUT2D eigenvalue weighted by molar-refractivity contribution is 8.03. The Morgan fingerprint density at radius 1 is 1.18 bits per heavy atom. The number of carbonyl (C=O) groups excluding carboxylic acids is 3. The van der Waals surface area contributed by atoms with Gasteiger partial charge < -0.3 is 10.1 Å². The van der Waals surface area contributed by atoms with Gasteiger partial charge in [-0.15, -0.1) is 11.3 Å². The molecule has 6 nitrogen and oxygen atoms in total. The Labute approximate surface area is 171 Å². The minimum atomic E-state index is -0.592. The maximum Gasteiger partial charge on any atom is 0.306 e. The van der Waals surface area contributed by atoms with E-state index in [1.54, 1.807) is 29.5 Å². The van der Waals surface area contributed by atoms with Gasteiger partial charge in [-0.25, -0.2) is 0 Å². The molecule has 0 aliphatic carbocycles. The number of benzene rings is 1. The Balaban J connectivity index is 1.78. The van der Waals surface area contributed by atoms with Crippen LogP contribution in [0.25, 0.3) is 0 Å². The fourth-order valence-corrected chi connectivity index (χ4v) is 3.97. The largest absolute Gasteiger partial charge is 0.456 e. The predicted molar refractivity (Wildman–Crippen MR) is 110 cm³/mol. The number of rotatable bonds is 8. The molecule has 28 heavy (non-hydrogen) atoms. The van der Waals surface area contributed by atoms with Crippen molar-refractivity contribution in [1.82, 2.24) is 0 Å². The minimum Gasteiger partial charge on any atom is -0.456 e. The SMILES string of the molecule is Cc1cc(C(=O)CCC(=O)OCC(=O)Nc2ccc(SC#N)cc2C)c(C)s1. The normalized spacial score (nSPS) is 10.2. The van der Waals surface area contributed by atoms with Gasteiger partial charge in [0.1, 0.15) is 5.40 Å². The molecule has 1 aromatic carbocycles. The number of thioether (sulfide) groups is 1. The van der Waals surface area contributed by atoms with E-state index in [4.69, 9.17) is 10.00 Å². The number of ketones is 1. The molecular formula is C20H20N2O4S2. The summed E-state index contributed by atoms with van der Waals surface area (Å²) in [4.78, 5) is 38.7. The zero-order valence-corrected chi connectivity index (χ0v) is 17.5. The summed E-state index contributed by atoms with van der Waals surface area (Å²) in [6.07, 6.45) is -0.0197. The van der Waals surface area contributed by atoms with E-state index in [0.717, 1.165) is 32.0 Å². The molecule has 2 aromatic rings. The number of anilines is 1. The van der Waals surface area contributed by atoms with Crippen LogP contribution >= 0.6 is 23.1 Å². The van der Waals surface area contributed by atoms with Gasteiger partial charge in [0.05, 0.1) is 6.42 Å². The number of esters is 1. The number of amides is 1. The summed E-state index contributed by atoms with van der Waals surface area (Å²) >= 11 is 2.58. The number of nitrogens with zero attached hydrogens (tertiary/aromatic N) is 1. The molecule has 146 valence electrons. The Hall–Kier alpha value is -2.63. The molecule has 2 rings (SSSR count). The number of Topliss-reactive ketones (excluding diaryl/α,β-unsaturated/α-hetero) is 1. The molecule has 1 heterocycles. The number of aryl methyl sites for hydroxylation is 3. The Kier molecular flexibility index (Phi) is 7.79. The van der Waals surface area contributed by atoms with E-state index >= 15 is 0 Å². The van der Waals surface area contributed by atoms with Crippen LogP contribution in [0.5, 0.6) is 0 Å². The minimum absolute atomic E-state index is 0.0502. The smallest absolute Gasteiger partial charge is 0.306 e.